The van der Waals surface area contributed by atoms with Gasteiger partial charge in [-0.25, -0.2) is 4.39 Å². The molecule has 0 bridgehead atoms. The third kappa shape index (κ3) is 9.70. The van der Waals surface area contributed by atoms with Gasteiger partial charge in [-0.15, -0.1) is 90.0 Å². The molecule has 0 saturated heterocycles. The minimum Gasteiger partial charge on any atom is -0.500 e. The summed E-state index contributed by atoms with van der Waals surface area (Å²) in [5.41, 5.74) is 9.62. The summed E-state index contributed by atoms with van der Waals surface area (Å²) < 4.78 is 60.3. The molecule has 4 aromatic heterocycles. The maximum Gasteiger partial charge on any atom is 3.00 e. The number of pyridine rings is 3. The van der Waals surface area contributed by atoms with Crippen LogP contribution in [-0.2, 0) is 56.5 Å². The molecule has 6 heteroatoms. The molecule has 0 atom stereocenters. The van der Waals surface area contributed by atoms with Crippen LogP contribution in [0.1, 0.15) is 66.6 Å². The summed E-state index contributed by atoms with van der Waals surface area (Å²) in [6.45, 7) is 8.60. The van der Waals surface area contributed by atoms with Gasteiger partial charge in [0.1, 0.15) is 11.4 Å². The van der Waals surface area contributed by atoms with E-state index < -0.39 is 29.4 Å². The van der Waals surface area contributed by atoms with Gasteiger partial charge in [-0.2, -0.15) is 0 Å². The van der Waals surface area contributed by atoms with Crippen LogP contribution in [0, 0.1) is 24.0 Å². The Labute approximate surface area is 412 Å². The van der Waals surface area contributed by atoms with E-state index in [0.29, 0.717) is 46.4 Å². The van der Waals surface area contributed by atoms with Gasteiger partial charge in [-0.3, -0.25) is 0 Å². The fourth-order valence-electron chi connectivity index (χ4n) is 8.88. The first kappa shape index (κ1) is 40.4. The summed E-state index contributed by atoms with van der Waals surface area (Å²) in [5, 5.41) is 1.51. The van der Waals surface area contributed by atoms with Gasteiger partial charge >= 0.3 is 20.1 Å². The monoisotopic (exact) mass is 1060 g/mol. The van der Waals surface area contributed by atoms with Gasteiger partial charge in [0.2, 0.25) is 0 Å². The minimum absolute atomic E-state index is 0. The molecule has 0 amide bonds. The molecule has 0 spiro atoms. The van der Waals surface area contributed by atoms with Crippen LogP contribution in [0.5, 0.6) is 0 Å². The Balaban J connectivity index is 0.00000624. The van der Waals surface area contributed by atoms with Crippen molar-refractivity contribution < 1.29 is 34.4 Å². The van der Waals surface area contributed by atoms with Gasteiger partial charge in [-0.05, 0) is 105 Å². The fourth-order valence-corrected chi connectivity index (χ4v) is 8.88. The van der Waals surface area contributed by atoms with Crippen LogP contribution in [0.4, 0.5) is 4.39 Å². The number of benzene rings is 6. The van der Waals surface area contributed by atoms with E-state index in [1.807, 2.05) is 122 Å². The molecule has 10 aromatic rings. The second kappa shape index (κ2) is 19.2. The number of halogens is 1. The van der Waals surface area contributed by atoms with Crippen molar-refractivity contribution in [2.24, 2.45) is 0 Å². The molecular weight excluding hydrogens is 1000 g/mol. The van der Waals surface area contributed by atoms with Crippen molar-refractivity contribution in [2.75, 3.05) is 0 Å². The maximum absolute atomic E-state index is 15.4. The minimum atomic E-state index is -2.53. The number of nitrogens with zero attached hydrogens (tertiary/aromatic N) is 3. The first-order chi connectivity index (χ1) is 33.6. The third-order valence-electron chi connectivity index (χ3n) is 12.4. The molecule has 0 aliphatic heterocycles. The first-order valence-electron chi connectivity index (χ1n) is 24.2. The van der Waals surface area contributed by atoms with Crippen molar-refractivity contribution in [2.45, 2.75) is 64.1 Å². The molecule has 0 fully saturated rings. The standard InChI is InChI=1S/C61H49FN3O.Ir/c1-60(2,48-26-31-54(64-39-48)45-15-8-5-9-16-45)36-43-33-42(34-44(35-43)37-61(3,4)49-27-32-55(65-40-49)46-17-10-6-11-18-46)24-23-41-25-30-56(63-38-41)52-22-14-21-50-51-28-29-53(62)57(59(51)66-58(50)52)47-19-12-7-13-20-47;/h5-15,17,19-21,25-35,38-40H,23-24,36-37H2,1-4H3;/q-3;+3/i23D2,24D2;. The number of rotatable bonds is 13. The van der Waals surface area contributed by atoms with Crippen LogP contribution >= 0.6 is 0 Å². The second-order valence-corrected chi connectivity index (χ2v) is 18.1. The fraction of sp³-hybridized carbons (Fsp3) is 0.164. The Morgan fingerprint density at radius 2 is 1.07 bits per heavy atom. The van der Waals surface area contributed by atoms with Gasteiger partial charge in [0, 0.05) is 29.5 Å². The predicted octanol–water partition coefficient (Wildman–Crippen LogP) is 14.8. The summed E-state index contributed by atoms with van der Waals surface area (Å²) in [4.78, 5) is 14.3. The van der Waals surface area contributed by atoms with Crippen molar-refractivity contribution in [3.8, 4) is 44.9 Å². The van der Waals surface area contributed by atoms with E-state index in [2.05, 4.69) is 64.1 Å². The van der Waals surface area contributed by atoms with Crippen molar-refractivity contribution in [1.82, 2.24) is 15.0 Å². The van der Waals surface area contributed by atoms with Crippen molar-refractivity contribution in [3.05, 3.63) is 234 Å². The Hall–Kier alpha value is -6.85. The summed E-state index contributed by atoms with van der Waals surface area (Å²) >= 11 is 0. The van der Waals surface area contributed by atoms with E-state index in [1.54, 1.807) is 24.3 Å². The van der Waals surface area contributed by atoms with Gasteiger partial charge in [0.25, 0.3) is 0 Å². The van der Waals surface area contributed by atoms with Crippen LogP contribution in [0.3, 0.4) is 0 Å². The van der Waals surface area contributed by atoms with Crippen molar-refractivity contribution in [3.63, 3.8) is 0 Å². The zero-order valence-electron chi connectivity index (χ0n) is 41.6. The Morgan fingerprint density at radius 1 is 0.522 bits per heavy atom. The molecule has 10 rings (SSSR count). The van der Waals surface area contributed by atoms with Crippen molar-refractivity contribution in [1.29, 1.82) is 0 Å². The number of aryl methyl sites for hydroxylation is 2. The van der Waals surface area contributed by atoms with Crippen LogP contribution in [-0.4, -0.2) is 15.0 Å². The molecule has 6 aromatic carbocycles. The Morgan fingerprint density at radius 3 is 1.63 bits per heavy atom. The van der Waals surface area contributed by atoms with Crippen molar-refractivity contribution >= 4 is 21.9 Å². The average Bonchev–Trinajstić information content (AvgIpc) is 3.75. The molecule has 4 nitrogen and oxygen atoms in total. The number of hydrogen-bond donors (Lipinski definition) is 0. The Kier molecular flexibility index (Phi) is 11.6. The van der Waals surface area contributed by atoms with Crippen LogP contribution in [0.25, 0.3) is 66.8 Å². The number of hydrogen-bond acceptors (Lipinski definition) is 4. The smallest absolute Gasteiger partial charge is 0.500 e. The van der Waals surface area contributed by atoms with E-state index in [9.17, 15) is 5.48 Å². The van der Waals surface area contributed by atoms with E-state index in [4.69, 9.17) is 19.4 Å². The molecule has 0 radical (unpaired) electrons. The van der Waals surface area contributed by atoms with Gasteiger partial charge in [0.15, 0.2) is 0 Å². The summed E-state index contributed by atoms with van der Waals surface area (Å²) in [7, 11) is 0. The molecular formula is C61H49FIrN3O. The normalized spacial score (nSPS) is 13.1. The quantitative estimate of drug-likeness (QED) is 0.108. The summed E-state index contributed by atoms with van der Waals surface area (Å²) in [6.07, 6.45) is 1.22. The number of aromatic nitrogens is 3. The average molecular weight is 1060 g/mol. The molecule has 0 saturated carbocycles. The topological polar surface area (TPSA) is 51.8 Å². The van der Waals surface area contributed by atoms with Gasteiger partial charge in [0.05, 0.1) is 11.1 Å². The zero-order valence-corrected chi connectivity index (χ0v) is 40.0. The molecule has 0 aliphatic rings. The molecule has 0 aliphatic carbocycles. The Bertz CT molecular complexity index is 3360. The van der Waals surface area contributed by atoms with Crippen LogP contribution in [0.2, 0.25) is 0 Å². The number of furan rings is 1. The third-order valence-corrected chi connectivity index (χ3v) is 12.4. The van der Waals surface area contributed by atoms with E-state index in [0.717, 1.165) is 55.5 Å². The second-order valence-electron chi connectivity index (χ2n) is 18.1. The summed E-state index contributed by atoms with van der Waals surface area (Å²) in [6, 6.07) is 58.5. The number of fused-ring (bicyclic) bond motifs is 3. The van der Waals surface area contributed by atoms with E-state index in [-0.39, 0.29) is 31.2 Å². The molecule has 4 heterocycles. The molecule has 67 heavy (non-hydrogen) atoms. The summed E-state index contributed by atoms with van der Waals surface area (Å²) in [5.74, 6) is -0.400. The predicted molar refractivity (Wildman–Crippen MR) is 266 cm³/mol. The molecule has 0 unspecified atom stereocenters. The van der Waals surface area contributed by atoms with Crippen LogP contribution < -0.4 is 0 Å². The van der Waals surface area contributed by atoms with Gasteiger partial charge in [-0.1, -0.05) is 124 Å². The van der Waals surface area contributed by atoms with E-state index in [1.165, 1.54) is 12.3 Å². The molecule has 330 valence electrons. The largest absolute Gasteiger partial charge is 3.00 e. The van der Waals surface area contributed by atoms with Gasteiger partial charge < -0.3 is 19.4 Å². The van der Waals surface area contributed by atoms with E-state index >= 15 is 4.39 Å². The first-order valence-corrected chi connectivity index (χ1v) is 22.2. The SMILES string of the molecule is [2H]C([2H])(c1ccc(-c2[c-]ccc3c2oc2c(-c4ccccc4)c(F)ccc23)nc1)C([2H])([2H])c1cc(CC(C)(C)c2ccc(-c3[c-]cccc3)nc2)cc(CC(C)(C)c2ccc(-c3[c-]cccc3)nc2)c1.[Ir+3]. The van der Waals surface area contributed by atoms with Crippen LogP contribution in [0.15, 0.2) is 181 Å². The maximum atomic E-state index is 15.4. The zero-order chi connectivity index (χ0) is 48.8. The molecule has 0 N–H and O–H groups in total.